The molecular weight excluding hydrogens is 282 g/mol. The molecule has 0 fully saturated rings. The smallest absolute Gasteiger partial charge is 0.0766 e. The summed E-state index contributed by atoms with van der Waals surface area (Å²) in [5, 5.41) is 8.16. The van der Waals surface area contributed by atoms with E-state index in [4.69, 9.17) is 0 Å². The molecule has 3 heteroatoms. The summed E-state index contributed by atoms with van der Waals surface area (Å²) >= 11 is 3.69. The Morgan fingerprint density at radius 3 is 2.15 bits per heavy atom. The molecule has 0 saturated carbocycles. The Kier molecular flexibility index (Phi) is 6.77. The molecule has 0 spiro atoms. The van der Waals surface area contributed by atoms with Crippen LogP contribution < -0.4 is 5.32 Å². The molecule has 2 aromatic rings. The van der Waals surface area contributed by atoms with Crippen molar-refractivity contribution in [1.29, 1.82) is 0 Å². The van der Waals surface area contributed by atoms with Crippen LogP contribution in [-0.2, 0) is 0 Å². The molecule has 0 bridgehead atoms. The lowest BCUT2D eigenvalue weighted by Gasteiger charge is -2.22. The van der Waals surface area contributed by atoms with Crippen LogP contribution >= 0.6 is 22.7 Å². The fourth-order valence-electron chi connectivity index (χ4n) is 2.46. The summed E-state index contributed by atoms with van der Waals surface area (Å²) in [5.74, 6) is 0. The molecule has 2 heterocycles. The van der Waals surface area contributed by atoms with Crippen LogP contribution in [-0.4, -0.2) is 6.04 Å². The zero-order valence-electron chi connectivity index (χ0n) is 12.5. The van der Waals surface area contributed by atoms with Gasteiger partial charge in [-0.1, -0.05) is 44.7 Å². The highest BCUT2D eigenvalue weighted by atomic mass is 32.1. The summed E-state index contributed by atoms with van der Waals surface area (Å²) in [6, 6.07) is 9.72. The van der Waals surface area contributed by atoms with Crippen molar-refractivity contribution in [2.45, 2.75) is 58.0 Å². The maximum atomic E-state index is 3.82. The van der Waals surface area contributed by atoms with E-state index in [1.54, 1.807) is 0 Å². The molecule has 0 saturated heterocycles. The number of thiophene rings is 2. The van der Waals surface area contributed by atoms with Crippen LogP contribution in [0.25, 0.3) is 0 Å². The normalized spacial score (nSPS) is 12.9. The second-order valence-electron chi connectivity index (χ2n) is 5.38. The van der Waals surface area contributed by atoms with Crippen molar-refractivity contribution in [2.24, 2.45) is 0 Å². The van der Waals surface area contributed by atoms with Crippen LogP contribution in [0.15, 0.2) is 35.0 Å². The molecule has 0 aliphatic rings. The van der Waals surface area contributed by atoms with E-state index in [-0.39, 0.29) is 0 Å². The molecule has 0 aliphatic heterocycles. The van der Waals surface area contributed by atoms with Crippen molar-refractivity contribution in [1.82, 2.24) is 5.32 Å². The van der Waals surface area contributed by atoms with Crippen molar-refractivity contribution in [3.8, 4) is 0 Å². The van der Waals surface area contributed by atoms with E-state index in [1.807, 2.05) is 22.7 Å². The number of hydrogen-bond donors (Lipinski definition) is 1. The van der Waals surface area contributed by atoms with Crippen LogP contribution in [0.2, 0.25) is 0 Å². The molecule has 2 rings (SSSR count). The topological polar surface area (TPSA) is 12.0 Å². The van der Waals surface area contributed by atoms with Gasteiger partial charge in [0.2, 0.25) is 0 Å². The average Bonchev–Trinajstić information content (AvgIpc) is 3.13. The van der Waals surface area contributed by atoms with Crippen LogP contribution in [0.3, 0.4) is 0 Å². The Morgan fingerprint density at radius 1 is 1.00 bits per heavy atom. The lowest BCUT2D eigenvalue weighted by atomic mass is 10.1. The molecule has 0 aromatic carbocycles. The second kappa shape index (κ2) is 8.60. The van der Waals surface area contributed by atoms with Gasteiger partial charge in [0, 0.05) is 15.8 Å². The van der Waals surface area contributed by atoms with Gasteiger partial charge in [-0.15, -0.1) is 22.7 Å². The molecule has 1 N–H and O–H groups in total. The fraction of sp³-hybridized carbons (Fsp3) is 0.529. The van der Waals surface area contributed by atoms with Crippen molar-refractivity contribution < 1.29 is 0 Å². The Balaban J connectivity index is 1.91. The summed E-state index contributed by atoms with van der Waals surface area (Å²) in [4.78, 5) is 2.85. The number of hydrogen-bond acceptors (Lipinski definition) is 3. The summed E-state index contributed by atoms with van der Waals surface area (Å²) < 4.78 is 0. The predicted octanol–water partition coefficient (Wildman–Crippen LogP) is 5.85. The van der Waals surface area contributed by atoms with Crippen LogP contribution in [0.4, 0.5) is 0 Å². The third-order valence-corrected chi connectivity index (χ3v) is 5.47. The predicted molar refractivity (Wildman–Crippen MR) is 91.8 cm³/mol. The summed E-state index contributed by atoms with van der Waals surface area (Å²) in [6.45, 7) is 4.59. The SMILES string of the molecule is CCCCCCC(C)NC(c1cccs1)c1cccs1. The monoisotopic (exact) mass is 307 g/mol. The zero-order chi connectivity index (χ0) is 14.2. The number of rotatable bonds is 9. The molecule has 1 unspecified atom stereocenters. The molecule has 110 valence electrons. The lowest BCUT2D eigenvalue weighted by Crippen LogP contribution is -2.30. The largest absolute Gasteiger partial charge is 0.302 e. The fourth-order valence-corrected chi connectivity index (χ4v) is 4.14. The summed E-state index contributed by atoms with van der Waals surface area (Å²) in [7, 11) is 0. The van der Waals surface area contributed by atoms with E-state index in [1.165, 1.54) is 41.9 Å². The number of nitrogens with one attached hydrogen (secondary N) is 1. The quantitative estimate of drug-likeness (QED) is 0.573. The molecule has 0 amide bonds. The van der Waals surface area contributed by atoms with Crippen molar-refractivity contribution >= 4 is 22.7 Å². The van der Waals surface area contributed by atoms with Gasteiger partial charge >= 0.3 is 0 Å². The Hall–Kier alpha value is -0.640. The minimum atomic E-state index is 0.371. The van der Waals surface area contributed by atoms with E-state index < -0.39 is 0 Å². The minimum Gasteiger partial charge on any atom is -0.302 e. The van der Waals surface area contributed by atoms with E-state index in [0.29, 0.717) is 12.1 Å². The highest BCUT2D eigenvalue weighted by molar-refractivity contribution is 7.11. The van der Waals surface area contributed by atoms with Crippen molar-refractivity contribution in [3.05, 3.63) is 44.8 Å². The van der Waals surface area contributed by atoms with E-state index in [9.17, 15) is 0 Å². The highest BCUT2D eigenvalue weighted by Gasteiger charge is 2.18. The molecule has 1 atom stereocenters. The minimum absolute atomic E-state index is 0.371. The van der Waals surface area contributed by atoms with Crippen LogP contribution in [0.1, 0.15) is 61.7 Å². The maximum absolute atomic E-state index is 3.82. The first-order valence-corrected chi connectivity index (χ1v) is 9.40. The van der Waals surface area contributed by atoms with E-state index in [0.717, 1.165) is 0 Å². The summed E-state index contributed by atoms with van der Waals surface area (Å²) in [6.07, 6.45) is 6.66. The van der Waals surface area contributed by atoms with Gasteiger partial charge in [-0.2, -0.15) is 0 Å². The van der Waals surface area contributed by atoms with Gasteiger partial charge in [-0.3, -0.25) is 0 Å². The molecule has 0 aliphatic carbocycles. The second-order valence-corrected chi connectivity index (χ2v) is 7.34. The average molecular weight is 308 g/mol. The zero-order valence-corrected chi connectivity index (χ0v) is 14.1. The van der Waals surface area contributed by atoms with Gasteiger partial charge < -0.3 is 5.32 Å². The molecule has 0 radical (unpaired) electrons. The highest BCUT2D eigenvalue weighted by Crippen LogP contribution is 2.29. The Bertz CT molecular complexity index is 413. The third kappa shape index (κ3) is 4.72. The van der Waals surface area contributed by atoms with Gasteiger partial charge in [0.1, 0.15) is 0 Å². The van der Waals surface area contributed by atoms with Crippen molar-refractivity contribution in [3.63, 3.8) is 0 Å². The first kappa shape index (κ1) is 15.7. The lowest BCUT2D eigenvalue weighted by molar-refractivity contribution is 0.457. The first-order valence-electron chi connectivity index (χ1n) is 7.64. The number of unbranched alkanes of at least 4 members (excludes halogenated alkanes) is 3. The van der Waals surface area contributed by atoms with Crippen molar-refractivity contribution in [2.75, 3.05) is 0 Å². The van der Waals surface area contributed by atoms with E-state index in [2.05, 4.69) is 54.2 Å². The van der Waals surface area contributed by atoms with Crippen LogP contribution in [0, 0.1) is 0 Å². The summed E-state index contributed by atoms with van der Waals surface area (Å²) in [5.41, 5.74) is 0. The maximum Gasteiger partial charge on any atom is 0.0766 e. The van der Waals surface area contributed by atoms with Gasteiger partial charge in [0.25, 0.3) is 0 Å². The molecular formula is C17H25NS2. The van der Waals surface area contributed by atoms with Gasteiger partial charge in [0.15, 0.2) is 0 Å². The standard InChI is InChI=1S/C17H25NS2/c1-3-4-5-6-9-14(2)18-17(15-10-7-12-19-15)16-11-8-13-20-16/h7-8,10-14,17-18H,3-6,9H2,1-2H3. The molecule has 2 aromatic heterocycles. The van der Waals surface area contributed by atoms with Gasteiger partial charge in [-0.05, 0) is 36.2 Å². The Morgan fingerprint density at radius 2 is 1.65 bits per heavy atom. The van der Waals surface area contributed by atoms with E-state index >= 15 is 0 Å². The van der Waals surface area contributed by atoms with Crippen LogP contribution in [0.5, 0.6) is 0 Å². The molecule has 1 nitrogen and oxygen atoms in total. The van der Waals surface area contributed by atoms with Gasteiger partial charge in [-0.25, -0.2) is 0 Å². The first-order chi connectivity index (χ1) is 9.81. The molecule has 20 heavy (non-hydrogen) atoms. The Labute approximate surface area is 131 Å². The van der Waals surface area contributed by atoms with Gasteiger partial charge in [0.05, 0.1) is 6.04 Å². The third-order valence-electron chi connectivity index (χ3n) is 3.60.